The number of hydrogen-bond donors (Lipinski definition) is 2. The largest absolute Gasteiger partial charge is 0.508 e. The highest BCUT2D eigenvalue weighted by Crippen LogP contribution is 2.47. The van der Waals surface area contributed by atoms with E-state index in [0.29, 0.717) is 18.2 Å². The molecular formula is C42H40FN5O7. The summed E-state index contributed by atoms with van der Waals surface area (Å²) < 4.78 is 32.9. The molecule has 0 bridgehead atoms. The number of fused-ring (bicyclic) bond motifs is 1. The molecule has 2 aromatic heterocycles. The van der Waals surface area contributed by atoms with Crippen molar-refractivity contribution in [2.45, 2.75) is 56.1 Å². The fourth-order valence-corrected chi connectivity index (χ4v) is 7.86. The predicted octanol–water partition coefficient (Wildman–Crippen LogP) is 5.65. The number of piperidine rings is 1. The first kappa shape index (κ1) is 35.9. The van der Waals surface area contributed by atoms with Crippen molar-refractivity contribution in [3.8, 4) is 28.9 Å². The van der Waals surface area contributed by atoms with Crippen molar-refractivity contribution in [1.82, 2.24) is 25.0 Å². The zero-order chi connectivity index (χ0) is 37.9. The average Bonchev–Trinajstić information content (AvgIpc) is 3.63. The van der Waals surface area contributed by atoms with Gasteiger partial charge in [-0.15, -0.1) is 0 Å². The molecule has 0 saturated carbocycles. The van der Waals surface area contributed by atoms with Crippen molar-refractivity contribution in [2.24, 2.45) is 0 Å². The van der Waals surface area contributed by atoms with Crippen molar-refractivity contribution in [3.05, 3.63) is 136 Å². The van der Waals surface area contributed by atoms with Gasteiger partial charge in [-0.05, 0) is 96.3 Å². The second-order valence-electron chi connectivity index (χ2n) is 14.2. The molecule has 1 unspecified atom stereocenters. The number of pyridine rings is 1. The van der Waals surface area contributed by atoms with Gasteiger partial charge in [-0.3, -0.25) is 24.6 Å². The van der Waals surface area contributed by atoms with Crippen LogP contribution < -0.4 is 25.1 Å². The minimum absolute atomic E-state index is 0.0306. The van der Waals surface area contributed by atoms with Gasteiger partial charge in [0.05, 0.1) is 12.4 Å². The number of ether oxygens (including phenoxy) is 3. The van der Waals surface area contributed by atoms with Crippen LogP contribution >= 0.6 is 0 Å². The first-order valence-corrected chi connectivity index (χ1v) is 18.5. The van der Waals surface area contributed by atoms with Gasteiger partial charge in [-0.1, -0.05) is 30.3 Å². The zero-order valence-corrected chi connectivity index (χ0v) is 30.0. The van der Waals surface area contributed by atoms with E-state index in [1.165, 1.54) is 36.2 Å². The van der Waals surface area contributed by atoms with E-state index >= 15 is 0 Å². The fraction of sp³-hybridized carbons (Fsp3) is 0.310. The first-order chi connectivity index (χ1) is 26.8. The number of phenolic OH excluding ortho intramolecular Hbond substituents is 1. The molecule has 12 nitrogen and oxygen atoms in total. The summed E-state index contributed by atoms with van der Waals surface area (Å²) in [5, 5.41) is 16.4. The van der Waals surface area contributed by atoms with Crippen LogP contribution in [-0.2, 0) is 16.0 Å². The lowest BCUT2D eigenvalue weighted by Gasteiger charge is -2.35. The molecule has 13 heteroatoms. The van der Waals surface area contributed by atoms with Crippen LogP contribution in [0.15, 0.2) is 102 Å². The van der Waals surface area contributed by atoms with Gasteiger partial charge in [0.2, 0.25) is 11.8 Å². The Balaban J connectivity index is 0.816. The summed E-state index contributed by atoms with van der Waals surface area (Å²) in [6.45, 7) is 2.86. The number of benzene rings is 3. The molecule has 1 aliphatic carbocycles. The van der Waals surface area contributed by atoms with E-state index in [9.17, 15) is 23.9 Å². The molecule has 4 heterocycles. The lowest BCUT2D eigenvalue weighted by Crippen LogP contribution is -2.45. The minimum Gasteiger partial charge on any atom is -0.508 e. The zero-order valence-electron chi connectivity index (χ0n) is 30.0. The van der Waals surface area contributed by atoms with E-state index in [-0.39, 0.29) is 54.0 Å². The predicted molar refractivity (Wildman–Crippen MR) is 199 cm³/mol. The summed E-state index contributed by atoms with van der Waals surface area (Å²) >= 11 is 0. The number of likely N-dealkylation sites (tertiary alicyclic amines) is 1. The van der Waals surface area contributed by atoms with Gasteiger partial charge in [0.15, 0.2) is 5.75 Å². The van der Waals surface area contributed by atoms with Crippen LogP contribution in [0, 0.1) is 5.82 Å². The van der Waals surface area contributed by atoms with Gasteiger partial charge in [-0.25, -0.2) is 14.1 Å². The Morgan fingerprint density at radius 3 is 2.40 bits per heavy atom. The molecule has 2 fully saturated rings. The monoisotopic (exact) mass is 745 g/mol. The smallest absolute Gasteiger partial charge is 0.271 e. The lowest BCUT2D eigenvalue weighted by atomic mass is 9.69. The summed E-state index contributed by atoms with van der Waals surface area (Å²) in [4.78, 5) is 42.9. The number of phenols is 1. The summed E-state index contributed by atoms with van der Waals surface area (Å²) in [6, 6.07) is 24.5. The van der Waals surface area contributed by atoms with Crippen molar-refractivity contribution in [3.63, 3.8) is 0 Å². The van der Waals surface area contributed by atoms with Crippen LogP contribution in [0.5, 0.6) is 28.9 Å². The molecular weight excluding hydrogens is 705 g/mol. The van der Waals surface area contributed by atoms with Crippen LogP contribution in [0.1, 0.15) is 65.8 Å². The average molecular weight is 746 g/mol. The molecule has 3 aliphatic rings. The van der Waals surface area contributed by atoms with Crippen LogP contribution in [0.3, 0.4) is 0 Å². The Bertz CT molecular complexity index is 2230. The maximum Gasteiger partial charge on any atom is 0.271 e. The number of nitrogens with zero attached hydrogens (tertiary/aromatic N) is 4. The van der Waals surface area contributed by atoms with E-state index in [2.05, 4.69) is 32.4 Å². The second-order valence-corrected chi connectivity index (χ2v) is 14.2. The van der Waals surface area contributed by atoms with E-state index in [1.54, 1.807) is 18.2 Å². The SMILES string of the molecule is O=C1CCC(n2ncc(Oc3ccc(O[C@H]4CCN(CCOc5ccc([C@@H]6c7ccc(O)cc7CC[C@@H]6c6ccc(F)cc6)cc5)C4)nc3)cc2=O)C(=O)N1. The minimum atomic E-state index is -0.844. The van der Waals surface area contributed by atoms with Crippen LogP contribution in [0.4, 0.5) is 4.39 Å². The first-order valence-electron chi connectivity index (χ1n) is 18.5. The van der Waals surface area contributed by atoms with Gasteiger partial charge in [-0.2, -0.15) is 5.10 Å². The van der Waals surface area contributed by atoms with Crippen LogP contribution in [0.25, 0.3) is 0 Å². The molecule has 8 rings (SSSR count). The van der Waals surface area contributed by atoms with Gasteiger partial charge in [0.25, 0.3) is 11.5 Å². The molecule has 5 aromatic rings. The molecule has 2 N–H and O–H groups in total. The Kier molecular flexibility index (Phi) is 10.3. The van der Waals surface area contributed by atoms with E-state index < -0.39 is 17.5 Å². The van der Waals surface area contributed by atoms with Crippen molar-refractivity contribution < 1.29 is 33.3 Å². The molecule has 4 atom stereocenters. The Labute approximate surface area is 316 Å². The Morgan fingerprint density at radius 2 is 1.64 bits per heavy atom. The number of amides is 2. The number of nitrogens with one attached hydrogen (secondary N) is 1. The Morgan fingerprint density at radius 1 is 0.836 bits per heavy atom. The number of imide groups is 1. The number of carbonyl (C=O) groups excluding carboxylic acids is 2. The molecule has 3 aromatic carbocycles. The molecule has 282 valence electrons. The van der Waals surface area contributed by atoms with E-state index in [1.807, 2.05) is 36.4 Å². The maximum atomic E-state index is 13.8. The summed E-state index contributed by atoms with van der Waals surface area (Å²) in [7, 11) is 0. The number of rotatable bonds is 11. The maximum absolute atomic E-state index is 13.8. The second kappa shape index (κ2) is 15.7. The summed E-state index contributed by atoms with van der Waals surface area (Å²) in [5.41, 5.74) is 4.06. The van der Waals surface area contributed by atoms with Crippen LogP contribution in [-0.4, -0.2) is 68.9 Å². The van der Waals surface area contributed by atoms with Crippen molar-refractivity contribution in [2.75, 3.05) is 26.2 Å². The molecule has 2 aliphatic heterocycles. The third-order valence-corrected chi connectivity index (χ3v) is 10.6. The molecule has 2 amide bonds. The van der Waals surface area contributed by atoms with E-state index in [4.69, 9.17) is 14.2 Å². The number of hydrogen-bond acceptors (Lipinski definition) is 10. The quantitative estimate of drug-likeness (QED) is 0.163. The highest BCUT2D eigenvalue weighted by Gasteiger charge is 2.33. The highest BCUT2D eigenvalue weighted by molar-refractivity contribution is 5.99. The van der Waals surface area contributed by atoms with Crippen LogP contribution in [0.2, 0.25) is 0 Å². The Hall–Kier alpha value is -6.08. The molecule has 55 heavy (non-hydrogen) atoms. The number of aromatic hydroxyl groups is 1. The molecule has 2 saturated heterocycles. The topological polar surface area (TPSA) is 145 Å². The van der Waals surface area contributed by atoms with Gasteiger partial charge in [0, 0.05) is 44.1 Å². The summed E-state index contributed by atoms with van der Waals surface area (Å²) in [5.74, 6) is 1.18. The number of halogens is 1. The standard InChI is InChI=1S/C42H40FN5O7/c43-29-6-1-26(2-7-29)35-12-5-28-21-30(49)8-13-36(28)41(35)27-3-9-31(10-4-27)53-20-19-47-18-17-33(25-47)55-39-16-11-32(23-44-39)54-34-22-40(51)48(45-24-34)37-14-15-38(50)46-42(37)52/h1-4,6-11,13,16,21-24,33,35,37,41,49H,5,12,14-15,17-20,25H2,(H,46,50,52)/t33-,35+,37?,41-/m0/s1. The van der Waals surface area contributed by atoms with Gasteiger partial charge < -0.3 is 19.3 Å². The van der Waals surface area contributed by atoms with Crippen molar-refractivity contribution in [1.29, 1.82) is 0 Å². The lowest BCUT2D eigenvalue weighted by molar-refractivity contribution is -0.136. The number of aromatic nitrogens is 3. The van der Waals surface area contributed by atoms with E-state index in [0.717, 1.165) is 66.0 Å². The number of carbonyl (C=O) groups is 2. The number of aryl methyl sites for hydroxylation is 1. The van der Waals surface area contributed by atoms with Gasteiger partial charge >= 0.3 is 0 Å². The normalized spacial score (nSPS) is 21.1. The third-order valence-electron chi connectivity index (χ3n) is 10.6. The highest BCUT2D eigenvalue weighted by atomic mass is 19.1. The fourth-order valence-electron chi connectivity index (χ4n) is 7.86. The molecule has 0 radical (unpaired) electrons. The van der Waals surface area contributed by atoms with Crippen molar-refractivity contribution >= 4 is 11.8 Å². The molecule has 0 spiro atoms. The van der Waals surface area contributed by atoms with Gasteiger partial charge in [0.1, 0.15) is 41.8 Å². The summed E-state index contributed by atoms with van der Waals surface area (Å²) in [6.07, 6.45) is 5.76. The third kappa shape index (κ3) is 8.21.